The third-order valence-corrected chi connectivity index (χ3v) is 6.14. The van der Waals surface area contributed by atoms with E-state index in [1.165, 1.54) is 44.5 Å². The highest BCUT2D eigenvalue weighted by Gasteiger charge is 2.36. The molecule has 0 bridgehead atoms. The van der Waals surface area contributed by atoms with Crippen LogP contribution in [0.5, 0.6) is 17.4 Å². The Kier molecular flexibility index (Phi) is 6.91. The minimum atomic E-state index is -4.93. The second-order valence-electron chi connectivity index (χ2n) is 8.85. The fraction of sp³-hybridized carbons (Fsp3) is 0.148. The maximum absolute atomic E-state index is 14.9. The van der Waals surface area contributed by atoms with Crippen LogP contribution in [0, 0.1) is 12.7 Å². The molecule has 0 aliphatic carbocycles. The van der Waals surface area contributed by atoms with Crippen LogP contribution in [0.1, 0.15) is 27.2 Å². The van der Waals surface area contributed by atoms with Crippen LogP contribution < -0.4 is 25.7 Å². The van der Waals surface area contributed by atoms with Gasteiger partial charge in [-0.05, 0) is 42.8 Å². The Hall–Kier alpha value is -5.27. The van der Waals surface area contributed by atoms with E-state index in [0.717, 1.165) is 18.3 Å². The second kappa shape index (κ2) is 10.4. The van der Waals surface area contributed by atoms with Gasteiger partial charge in [0, 0.05) is 29.6 Å². The maximum Gasteiger partial charge on any atom is 0.431 e. The summed E-state index contributed by atoms with van der Waals surface area (Å²) in [6, 6.07) is 7.55. The van der Waals surface area contributed by atoms with Gasteiger partial charge in [-0.15, -0.1) is 0 Å². The smallest absolute Gasteiger partial charge is 0.431 e. The van der Waals surface area contributed by atoms with Crippen molar-refractivity contribution in [2.24, 2.45) is 0 Å². The van der Waals surface area contributed by atoms with Crippen molar-refractivity contribution in [2.75, 3.05) is 17.7 Å². The predicted molar refractivity (Wildman–Crippen MR) is 137 cm³/mol. The number of nitrogens with zero attached hydrogens (tertiary/aromatic N) is 3. The van der Waals surface area contributed by atoms with Crippen LogP contribution in [0.3, 0.4) is 0 Å². The highest BCUT2D eigenvalue weighted by molar-refractivity contribution is 6.04. The largest absolute Gasteiger partial charge is 0.481 e. The summed E-state index contributed by atoms with van der Waals surface area (Å²) in [5, 5.41) is 4.87. The number of carbonyl (C=O) groups is 2. The van der Waals surface area contributed by atoms with E-state index < -0.39 is 34.7 Å². The number of hydrogen-bond acceptors (Lipinski definition) is 7. The molecule has 1 aliphatic rings. The van der Waals surface area contributed by atoms with Crippen LogP contribution >= 0.6 is 0 Å². The zero-order chi connectivity index (χ0) is 29.5. The molecule has 41 heavy (non-hydrogen) atoms. The standard InChI is InChI=1S/C27H19F4N5O5/c1-13-9-23(40-2)33-12-18(13)36-21(27(29,30)31)6-4-15(26(36)39)25(38)34-14-3-5-20(17(28)10-14)41-19-7-8-32-24-16(19)11-22(37)35-24/h3-10,12H,11H2,1-2H3,(H,34,38)(H,32,35,37). The summed E-state index contributed by atoms with van der Waals surface area (Å²) >= 11 is 0. The molecule has 2 amide bonds. The lowest BCUT2D eigenvalue weighted by Crippen LogP contribution is -2.33. The van der Waals surface area contributed by atoms with E-state index in [0.29, 0.717) is 22.0 Å². The van der Waals surface area contributed by atoms with Gasteiger partial charge in [-0.1, -0.05) is 0 Å². The molecule has 210 valence electrons. The SMILES string of the molecule is COc1cc(C)c(-n2c(C(F)(F)F)ccc(C(=O)Nc3ccc(Oc4ccnc5c4CC(=O)N5)c(F)c3)c2=O)cn1. The molecular weight excluding hydrogens is 550 g/mol. The summed E-state index contributed by atoms with van der Waals surface area (Å²) in [6.07, 6.45) is -2.51. The van der Waals surface area contributed by atoms with Gasteiger partial charge in [0.2, 0.25) is 11.8 Å². The minimum absolute atomic E-state index is 0.00500. The average Bonchev–Trinajstić information content (AvgIpc) is 3.30. The van der Waals surface area contributed by atoms with Crippen LogP contribution in [0.2, 0.25) is 0 Å². The zero-order valence-corrected chi connectivity index (χ0v) is 21.3. The van der Waals surface area contributed by atoms with Crippen molar-refractivity contribution in [1.82, 2.24) is 14.5 Å². The van der Waals surface area contributed by atoms with Gasteiger partial charge in [0.05, 0.1) is 25.4 Å². The van der Waals surface area contributed by atoms with Gasteiger partial charge < -0.3 is 20.1 Å². The number of rotatable bonds is 6. The highest BCUT2D eigenvalue weighted by Crippen LogP contribution is 2.35. The first kappa shape index (κ1) is 27.3. The van der Waals surface area contributed by atoms with E-state index in [2.05, 4.69) is 20.6 Å². The molecule has 4 heterocycles. The first-order valence-corrected chi connectivity index (χ1v) is 11.9. The number of benzene rings is 1. The lowest BCUT2D eigenvalue weighted by Gasteiger charge is -2.18. The number of amides is 2. The van der Waals surface area contributed by atoms with Crippen molar-refractivity contribution < 1.29 is 36.6 Å². The number of anilines is 2. The molecule has 0 unspecified atom stereocenters. The number of methoxy groups -OCH3 is 1. The third-order valence-electron chi connectivity index (χ3n) is 6.14. The summed E-state index contributed by atoms with van der Waals surface area (Å²) in [5.74, 6) is -1.85. The second-order valence-corrected chi connectivity index (χ2v) is 8.85. The molecule has 10 nitrogen and oxygen atoms in total. The van der Waals surface area contributed by atoms with Crippen LogP contribution in [-0.4, -0.2) is 33.5 Å². The molecule has 0 spiro atoms. The minimum Gasteiger partial charge on any atom is -0.481 e. The molecular formula is C27H19F4N5O5. The number of fused-ring (bicyclic) bond motifs is 1. The van der Waals surface area contributed by atoms with Gasteiger partial charge in [-0.3, -0.25) is 19.0 Å². The Labute approximate surface area is 228 Å². The lowest BCUT2D eigenvalue weighted by atomic mass is 10.1. The highest BCUT2D eigenvalue weighted by atomic mass is 19.4. The monoisotopic (exact) mass is 569 g/mol. The van der Waals surface area contributed by atoms with Gasteiger partial charge in [-0.25, -0.2) is 14.4 Å². The van der Waals surface area contributed by atoms with Gasteiger partial charge in [0.1, 0.15) is 22.8 Å². The molecule has 0 radical (unpaired) electrons. The third kappa shape index (κ3) is 5.31. The number of carbonyl (C=O) groups excluding carboxylic acids is 2. The van der Waals surface area contributed by atoms with Crippen LogP contribution in [0.25, 0.3) is 5.69 Å². The van der Waals surface area contributed by atoms with Crippen LogP contribution in [0.4, 0.5) is 29.1 Å². The summed E-state index contributed by atoms with van der Waals surface area (Å²) in [4.78, 5) is 45.8. The summed E-state index contributed by atoms with van der Waals surface area (Å²) in [5.41, 5.74) is -2.81. The Morgan fingerprint density at radius 1 is 1.07 bits per heavy atom. The first-order valence-electron chi connectivity index (χ1n) is 11.9. The van der Waals surface area contributed by atoms with Crippen molar-refractivity contribution in [2.45, 2.75) is 19.5 Å². The van der Waals surface area contributed by atoms with Gasteiger partial charge >= 0.3 is 6.18 Å². The van der Waals surface area contributed by atoms with E-state index in [-0.39, 0.29) is 46.6 Å². The Balaban J connectivity index is 1.44. The Morgan fingerprint density at radius 3 is 2.54 bits per heavy atom. The number of nitrogens with one attached hydrogen (secondary N) is 2. The fourth-order valence-electron chi connectivity index (χ4n) is 4.20. The molecule has 0 atom stereocenters. The molecule has 1 aromatic carbocycles. The summed E-state index contributed by atoms with van der Waals surface area (Å²) < 4.78 is 67.3. The zero-order valence-electron chi connectivity index (χ0n) is 21.3. The first-order chi connectivity index (χ1) is 19.5. The average molecular weight is 569 g/mol. The van der Waals surface area contributed by atoms with Crippen molar-refractivity contribution >= 4 is 23.3 Å². The normalized spacial score (nSPS) is 12.5. The van der Waals surface area contributed by atoms with E-state index >= 15 is 0 Å². The van der Waals surface area contributed by atoms with Crippen molar-refractivity contribution in [3.05, 3.63) is 93.4 Å². The molecule has 0 saturated carbocycles. The number of aromatic nitrogens is 3. The van der Waals surface area contributed by atoms with E-state index in [1.54, 1.807) is 0 Å². The number of hydrogen-bond donors (Lipinski definition) is 2. The van der Waals surface area contributed by atoms with Crippen molar-refractivity contribution in [1.29, 1.82) is 0 Å². The molecule has 3 aromatic heterocycles. The Morgan fingerprint density at radius 2 is 1.85 bits per heavy atom. The van der Waals surface area contributed by atoms with Gasteiger partial charge in [0.25, 0.3) is 11.5 Å². The molecule has 5 rings (SSSR count). The van der Waals surface area contributed by atoms with E-state index in [4.69, 9.17) is 9.47 Å². The summed E-state index contributed by atoms with van der Waals surface area (Å²) in [6.45, 7) is 1.46. The number of pyridine rings is 3. The number of alkyl halides is 3. The lowest BCUT2D eigenvalue weighted by molar-refractivity contribution is -0.142. The predicted octanol–water partition coefficient (Wildman–Crippen LogP) is 4.64. The molecule has 4 aromatic rings. The van der Waals surface area contributed by atoms with Crippen LogP contribution in [0.15, 0.2) is 59.7 Å². The van der Waals surface area contributed by atoms with Gasteiger partial charge in [-0.2, -0.15) is 13.2 Å². The molecule has 14 heteroatoms. The van der Waals surface area contributed by atoms with Crippen LogP contribution in [-0.2, 0) is 17.4 Å². The van der Waals surface area contributed by atoms with E-state index in [1.807, 2.05) is 0 Å². The van der Waals surface area contributed by atoms with E-state index in [9.17, 15) is 31.9 Å². The number of aryl methyl sites for hydroxylation is 1. The molecule has 2 N–H and O–H groups in total. The maximum atomic E-state index is 14.9. The topological polar surface area (TPSA) is 124 Å². The molecule has 0 fully saturated rings. The van der Waals surface area contributed by atoms with Gasteiger partial charge in [0.15, 0.2) is 11.6 Å². The Bertz CT molecular complexity index is 1770. The van der Waals surface area contributed by atoms with Crippen molar-refractivity contribution in [3.63, 3.8) is 0 Å². The fourth-order valence-corrected chi connectivity index (χ4v) is 4.20. The van der Waals surface area contributed by atoms with Crippen molar-refractivity contribution in [3.8, 4) is 23.1 Å². The number of halogens is 4. The number of ether oxygens (including phenoxy) is 2. The summed E-state index contributed by atoms with van der Waals surface area (Å²) in [7, 11) is 1.33. The molecule has 0 saturated heterocycles. The molecule has 1 aliphatic heterocycles. The quantitative estimate of drug-likeness (QED) is 0.324.